The normalized spacial score (nSPS) is 29.1. The van der Waals surface area contributed by atoms with E-state index in [2.05, 4.69) is 5.32 Å². The van der Waals surface area contributed by atoms with Gasteiger partial charge in [0.1, 0.15) is 12.5 Å². The molecule has 4 unspecified atom stereocenters. The fourth-order valence-electron chi connectivity index (χ4n) is 6.09. The van der Waals surface area contributed by atoms with Crippen LogP contribution in [0.25, 0.3) is 11.1 Å². The third kappa shape index (κ3) is 3.47. The number of aliphatic carboxylic acids is 1. The topological polar surface area (TPSA) is 95.9 Å². The van der Waals surface area contributed by atoms with Crippen molar-refractivity contribution < 1.29 is 33.0 Å². The third-order valence-electron chi connectivity index (χ3n) is 8.07. The Bertz CT molecular complexity index is 1180. The van der Waals surface area contributed by atoms with Gasteiger partial charge in [-0.15, -0.1) is 0 Å². The average molecular weight is 482 g/mol. The van der Waals surface area contributed by atoms with Crippen molar-refractivity contribution in [2.24, 2.45) is 29.6 Å². The number of nitrogens with zero attached hydrogens (tertiary/aromatic N) is 1. The molecule has 1 heterocycles. The zero-order valence-electron chi connectivity index (χ0n) is 18.7. The Morgan fingerprint density at radius 1 is 1.00 bits per heavy atom. The fourth-order valence-corrected chi connectivity index (χ4v) is 6.09. The number of likely N-dealkylation sites (tertiary alicyclic amines) is 1. The molecular formula is C26H24F2N2O5. The maximum Gasteiger partial charge on any atom is 0.407 e. The summed E-state index contributed by atoms with van der Waals surface area (Å²) in [6.07, 6.45) is -0.799. The van der Waals surface area contributed by atoms with E-state index in [1.54, 1.807) is 0 Å². The molecule has 3 fully saturated rings. The number of carbonyl (C=O) groups is 3. The van der Waals surface area contributed by atoms with Gasteiger partial charge < -0.3 is 20.1 Å². The number of fused-ring (bicyclic) bond motifs is 4. The molecule has 3 aliphatic carbocycles. The maximum atomic E-state index is 14.4. The van der Waals surface area contributed by atoms with Gasteiger partial charge in [0, 0.05) is 25.6 Å². The lowest BCUT2D eigenvalue weighted by molar-refractivity contribution is -0.141. The van der Waals surface area contributed by atoms with Crippen LogP contribution in [0, 0.1) is 29.6 Å². The number of piperidine rings is 1. The number of carboxylic acids is 1. The van der Waals surface area contributed by atoms with E-state index < -0.39 is 41.6 Å². The van der Waals surface area contributed by atoms with Crippen molar-refractivity contribution in [1.82, 2.24) is 10.2 Å². The van der Waals surface area contributed by atoms with Gasteiger partial charge in [-0.1, -0.05) is 48.5 Å². The smallest absolute Gasteiger partial charge is 0.407 e. The van der Waals surface area contributed by atoms with Crippen LogP contribution in [0.1, 0.15) is 17.0 Å². The van der Waals surface area contributed by atoms with Crippen LogP contribution in [0.2, 0.25) is 0 Å². The molecule has 0 aromatic heterocycles. The maximum absolute atomic E-state index is 14.4. The summed E-state index contributed by atoms with van der Waals surface area (Å²) in [6, 6.07) is 15.8. The van der Waals surface area contributed by atoms with Crippen molar-refractivity contribution in [3.8, 4) is 11.1 Å². The Morgan fingerprint density at radius 2 is 1.57 bits per heavy atom. The number of hydrogen-bond donors (Lipinski definition) is 2. The summed E-state index contributed by atoms with van der Waals surface area (Å²) in [5.41, 5.74) is 4.28. The van der Waals surface area contributed by atoms with Gasteiger partial charge in [0.25, 0.3) is 5.92 Å². The van der Waals surface area contributed by atoms with E-state index in [1.165, 1.54) is 4.90 Å². The standard InChI is InChI=1S/C26H24F2N2O5/c27-26(28)20(22(26)23(31)30-10-17-18(11-30)21(17)24(32)33)9-29-25(34)35-12-19-15-7-3-1-5-13(15)14-6-2-4-8-16(14)19/h1-8,17-22H,9-12H2,(H,29,34)(H,32,33). The number of amides is 2. The number of nitrogens with one attached hydrogen (secondary N) is 1. The van der Waals surface area contributed by atoms with Crippen LogP contribution in [0.5, 0.6) is 0 Å². The highest BCUT2D eigenvalue weighted by Crippen LogP contribution is 2.58. The van der Waals surface area contributed by atoms with Gasteiger partial charge in [-0.05, 0) is 34.1 Å². The minimum absolute atomic E-state index is 0.0740. The van der Waals surface area contributed by atoms with Gasteiger partial charge in [0.15, 0.2) is 0 Å². The molecule has 6 rings (SSSR count). The molecule has 2 aromatic rings. The molecule has 1 aliphatic heterocycles. The van der Waals surface area contributed by atoms with Crippen molar-refractivity contribution in [2.75, 3.05) is 26.2 Å². The second-order valence-electron chi connectivity index (χ2n) is 9.90. The van der Waals surface area contributed by atoms with Crippen molar-refractivity contribution in [2.45, 2.75) is 11.8 Å². The molecule has 0 spiro atoms. The van der Waals surface area contributed by atoms with Crippen LogP contribution in [0.15, 0.2) is 48.5 Å². The number of benzene rings is 2. The van der Waals surface area contributed by atoms with Crippen LogP contribution in [-0.2, 0) is 14.3 Å². The third-order valence-corrected chi connectivity index (χ3v) is 8.07. The molecule has 182 valence electrons. The molecular weight excluding hydrogens is 458 g/mol. The van der Waals surface area contributed by atoms with Crippen molar-refractivity contribution >= 4 is 18.0 Å². The first-order chi connectivity index (χ1) is 16.8. The van der Waals surface area contributed by atoms with Gasteiger partial charge >= 0.3 is 12.1 Å². The highest BCUT2D eigenvalue weighted by Gasteiger charge is 2.73. The number of halogens is 2. The fraction of sp³-hybridized carbons (Fsp3) is 0.423. The summed E-state index contributed by atoms with van der Waals surface area (Å²) in [4.78, 5) is 37.4. The molecule has 0 bridgehead atoms. The number of carboxylic acid groups (broad SMARTS) is 1. The van der Waals surface area contributed by atoms with E-state index in [0.717, 1.165) is 22.3 Å². The SMILES string of the molecule is O=C(NCC1C(C(=O)N2CC3C(C2)C3C(=O)O)C1(F)F)OCC1c2ccccc2-c2ccccc21. The number of ether oxygens (including phenoxy) is 1. The van der Waals surface area contributed by atoms with E-state index in [-0.39, 0.29) is 44.0 Å². The van der Waals surface area contributed by atoms with Gasteiger partial charge in [0.05, 0.1) is 11.8 Å². The molecule has 9 heteroatoms. The molecule has 7 nitrogen and oxygen atoms in total. The lowest BCUT2D eigenvalue weighted by Gasteiger charge is -2.19. The van der Waals surface area contributed by atoms with Crippen molar-refractivity contribution in [1.29, 1.82) is 0 Å². The summed E-state index contributed by atoms with van der Waals surface area (Å²) in [7, 11) is 0. The molecule has 2 aromatic carbocycles. The van der Waals surface area contributed by atoms with Crippen LogP contribution < -0.4 is 5.32 Å². The van der Waals surface area contributed by atoms with E-state index in [0.29, 0.717) is 0 Å². The van der Waals surface area contributed by atoms with Crippen LogP contribution in [0.3, 0.4) is 0 Å². The van der Waals surface area contributed by atoms with E-state index in [9.17, 15) is 23.2 Å². The largest absolute Gasteiger partial charge is 0.481 e. The minimum Gasteiger partial charge on any atom is -0.481 e. The van der Waals surface area contributed by atoms with Gasteiger partial charge in [-0.25, -0.2) is 13.6 Å². The summed E-state index contributed by atoms with van der Waals surface area (Å²) in [5, 5.41) is 11.5. The summed E-state index contributed by atoms with van der Waals surface area (Å²) < 4.78 is 34.1. The molecule has 4 aliphatic rings. The quantitative estimate of drug-likeness (QED) is 0.660. The lowest BCUT2D eigenvalue weighted by Crippen LogP contribution is -2.35. The molecule has 0 radical (unpaired) electrons. The summed E-state index contributed by atoms with van der Waals surface area (Å²) in [6.45, 7) is 0.127. The average Bonchev–Trinajstić information content (AvgIpc) is 3.51. The summed E-state index contributed by atoms with van der Waals surface area (Å²) >= 11 is 0. The number of alkyl carbamates (subject to hydrolysis) is 1. The first-order valence-electron chi connectivity index (χ1n) is 11.8. The number of carbonyl (C=O) groups excluding carboxylic acids is 2. The van der Waals surface area contributed by atoms with Crippen LogP contribution >= 0.6 is 0 Å². The van der Waals surface area contributed by atoms with E-state index >= 15 is 0 Å². The predicted octanol–water partition coefficient (Wildman–Crippen LogP) is 3.20. The second-order valence-corrected chi connectivity index (χ2v) is 9.90. The molecule has 1 saturated heterocycles. The summed E-state index contributed by atoms with van der Waals surface area (Å²) in [5.74, 6) is -8.42. The van der Waals surface area contributed by atoms with Crippen molar-refractivity contribution in [3.63, 3.8) is 0 Å². The van der Waals surface area contributed by atoms with Crippen LogP contribution in [0.4, 0.5) is 13.6 Å². The van der Waals surface area contributed by atoms with Gasteiger partial charge in [0.2, 0.25) is 5.91 Å². The minimum atomic E-state index is -3.20. The molecule has 4 atom stereocenters. The van der Waals surface area contributed by atoms with Crippen molar-refractivity contribution in [3.05, 3.63) is 59.7 Å². The van der Waals surface area contributed by atoms with E-state index in [1.807, 2.05) is 48.5 Å². The lowest BCUT2D eigenvalue weighted by atomic mass is 9.98. The Balaban J connectivity index is 1.02. The Labute approximate surface area is 200 Å². The monoisotopic (exact) mass is 482 g/mol. The predicted molar refractivity (Wildman–Crippen MR) is 120 cm³/mol. The van der Waals surface area contributed by atoms with Gasteiger partial charge in [-0.2, -0.15) is 0 Å². The molecule has 2 amide bonds. The van der Waals surface area contributed by atoms with Crippen LogP contribution in [-0.4, -0.2) is 60.1 Å². The Hall–Kier alpha value is -3.49. The highest BCUT2D eigenvalue weighted by atomic mass is 19.3. The molecule has 2 saturated carbocycles. The van der Waals surface area contributed by atoms with Gasteiger partial charge in [-0.3, -0.25) is 9.59 Å². The van der Waals surface area contributed by atoms with E-state index in [4.69, 9.17) is 9.84 Å². The zero-order chi connectivity index (χ0) is 24.5. The Morgan fingerprint density at radius 3 is 2.14 bits per heavy atom. The zero-order valence-corrected chi connectivity index (χ0v) is 18.7. The first kappa shape index (κ1) is 22.0. The first-order valence-corrected chi connectivity index (χ1v) is 11.8. The number of alkyl halides is 2. The molecule has 2 N–H and O–H groups in total. The Kier molecular flexibility index (Phi) is 4.88. The highest BCUT2D eigenvalue weighted by molar-refractivity contribution is 5.85. The molecule has 35 heavy (non-hydrogen) atoms. The number of hydrogen-bond acceptors (Lipinski definition) is 4. The second kappa shape index (κ2) is 7.76. The number of rotatable bonds is 6.